The predicted octanol–water partition coefficient (Wildman–Crippen LogP) is 3.06. The van der Waals surface area contributed by atoms with E-state index in [2.05, 4.69) is 15.4 Å². The van der Waals surface area contributed by atoms with Crippen LogP contribution in [0.2, 0.25) is 0 Å². The van der Waals surface area contributed by atoms with Crippen molar-refractivity contribution < 1.29 is 18.7 Å². The Labute approximate surface area is 153 Å². The molecule has 2 N–H and O–H groups in total. The molecule has 0 saturated heterocycles. The molecule has 0 unspecified atom stereocenters. The number of benzene rings is 1. The van der Waals surface area contributed by atoms with Crippen molar-refractivity contribution in [1.29, 1.82) is 0 Å². The third-order valence-corrected chi connectivity index (χ3v) is 4.63. The molecule has 0 aliphatic heterocycles. The molecule has 0 bridgehead atoms. The summed E-state index contributed by atoms with van der Waals surface area (Å²) in [6.07, 6.45) is 5.12. The SMILES string of the molecule is O=C(N[C@H]1CCCc2c1cnn2-c1ccc(F)cc1F)c1ncccc1O. The number of halogens is 2. The molecule has 2 heterocycles. The maximum absolute atomic E-state index is 14.2. The van der Waals surface area contributed by atoms with Crippen molar-refractivity contribution in [2.24, 2.45) is 0 Å². The first kappa shape index (κ1) is 17.1. The fourth-order valence-corrected chi connectivity index (χ4v) is 3.37. The summed E-state index contributed by atoms with van der Waals surface area (Å²) in [6, 6.07) is 5.93. The van der Waals surface area contributed by atoms with Crippen LogP contribution in [0.15, 0.2) is 42.7 Å². The lowest BCUT2D eigenvalue weighted by atomic mass is 9.92. The van der Waals surface area contributed by atoms with E-state index in [1.54, 1.807) is 6.20 Å². The van der Waals surface area contributed by atoms with Crippen LogP contribution in [0.4, 0.5) is 8.78 Å². The van der Waals surface area contributed by atoms with E-state index in [1.165, 1.54) is 35.1 Å². The molecular formula is C19H16F2N4O2. The van der Waals surface area contributed by atoms with Crippen LogP contribution >= 0.6 is 0 Å². The lowest BCUT2D eigenvalue weighted by molar-refractivity contribution is 0.0924. The minimum absolute atomic E-state index is 0.0541. The minimum atomic E-state index is -0.703. The second-order valence-corrected chi connectivity index (χ2v) is 6.34. The van der Waals surface area contributed by atoms with E-state index in [1.807, 2.05) is 0 Å². The van der Waals surface area contributed by atoms with Crippen LogP contribution in [0, 0.1) is 11.6 Å². The van der Waals surface area contributed by atoms with Gasteiger partial charge in [-0.05, 0) is 43.5 Å². The number of aromatic nitrogens is 3. The number of rotatable bonds is 3. The largest absolute Gasteiger partial charge is 0.505 e. The number of fused-ring (bicyclic) bond motifs is 1. The van der Waals surface area contributed by atoms with Gasteiger partial charge in [0.1, 0.15) is 17.3 Å². The van der Waals surface area contributed by atoms with Gasteiger partial charge in [0.25, 0.3) is 5.91 Å². The molecule has 0 saturated carbocycles. The Bertz CT molecular complexity index is 1020. The number of carbonyl (C=O) groups is 1. The maximum atomic E-state index is 14.2. The van der Waals surface area contributed by atoms with Gasteiger partial charge in [-0.2, -0.15) is 5.10 Å². The van der Waals surface area contributed by atoms with Gasteiger partial charge in [0.05, 0.1) is 12.2 Å². The van der Waals surface area contributed by atoms with Gasteiger partial charge in [-0.1, -0.05) is 0 Å². The number of hydrogen-bond donors (Lipinski definition) is 2. The Kier molecular flexibility index (Phi) is 4.31. The van der Waals surface area contributed by atoms with Crippen LogP contribution in [-0.4, -0.2) is 25.8 Å². The molecule has 27 heavy (non-hydrogen) atoms. The Hall–Kier alpha value is -3.29. The molecule has 0 radical (unpaired) electrons. The van der Waals surface area contributed by atoms with Crippen molar-refractivity contribution in [1.82, 2.24) is 20.1 Å². The summed E-state index contributed by atoms with van der Waals surface area (Å²) in [5.74, 6) is -2.05. The highest BCUT2D eigenvalue weighted by Gasteiger charge is 2.28. The van der Waals surface area contributed by atoms with E-state index in [-0.39, 0.29) is 23.2 Å². The Morgan fingerprint density at radius 2 is 2.15 bits per heavy atom. The monoisotopic (exact) mass is 370 g/mol. The van der Waals surface area contributed by atoms with Crippen LogP contribution in [-0.2, 0) is 6.42 Å². The van der Waals surface area contributed by atoms with Crippen molar-refractivity contribution in [2.75, 3.05) is 0 Å². The van der Waals surface area contributed by atoms with Gasteiger partial charge in [-0.15, -0.1) is 0 Å². The van der Waals surface area contributed by atoms with Crippen LogP contribution in [0.1, 0.15) is 40.6 Å². The molecule has 138 valence electrons. The second kappa shape index (κ2) is 6.79. The number of hydrogen-bond acceptors (Lipinski definition) is 4. The number of amides is 1. The Balaban J connectivity index is 1.64. The van der Waals surface area contributed by atoms with Gasteiger partial charge in [-0.25, -0.2) is 18.4 Å². The van der Waals surface area contributed by atoms with E-state index in [4.69, 9.17) is 0 Å². The van der Waals surface area contributed by atoms with E-state index in [0.717, 1.165) is 23.7 Å². The molecule has 1 aliphatic rings. The second-order valence-electron chi connectivity index (χ2n) is 6.34. The van der Waals surface area contributed by atoms with Crippen molar-refractivity contribution in [3.8, 4) is 11.4 Å². The normalized spacial score (nSPS) is 16.0. The molecule has 0 spiro atoms. The van der Waals surface area contributed by atoms with E-state index in [9.17, 15) is 18.7 Å². The summed E-state index contributed by atoms with van der Waals surface area (Å²) in [7, 11) is 0. The first-order chi connectivity index (χ1) is 13.0. The molecule has 1 aromatic carbocycles. The van der Waals surface area contributed by atoms with E-state index >= 15 is 0 Å². The lowest BCUT2D eigenvalue weighted by Gasteiger charge is -2.24. The Morgan fingerprint density at radius 1 is 1.30 bits per heavy atom. The molecule has 1 aliphatic carbocycles. The highest BCUT2D eigenvalue weighted by molar-refractivity contribution is 5.95. The quantitative estimate of drug-likeness (QED) is 0.743. The van der Waals surface area contributed by atoms with Gasteiger partial charge in [0.2, 0.25) is 0 Å². The van der Waals surface area contributed by atoms with Crippen LogP contribution in [0.5, 0.6) is 5.75 Å². The van der Waals surface area contributed by atoms with Gasteiger partial charge < -0.3 is 10.4 Å². The molecule has 3 aromatic rings. The summed E-state index contributed by atoms with van der Waals surface area (Å²) in [4.78, 5) is 16.4. The summed E-state index contributed by atoms with van der Waals surface area (Å²) in [5, 5.41) is 16.9. The molecule has 1 atom stereocenters. The fraction of sp³-hybridized carbons (Fsp3) is 0.211. The molecule has 1 amide bonds. The van der Waals surface area contributed by atoms with Crippen molar-refractivity contribution in [3.05, 3.63) is 71.3 Å². The summed E-state index contributed by atoms with van der Waals surface area (Å²) in [5.41, 5.74) is 1.64. The van der Waals surface area contributed by atoms with Crippen LogP contribution < -0.4 is 5.32 Å². The van der Waals surface area contributed by atoms with E-state index < -0.39 is 17.5 Å². The molecular weight excluding hydrogens is 354 g/mol. The van der Waals surface area contributed by atoms with Crippen molar-refractivity contribution in [3.63, 3.8) is 0 Å². The topological polar surface area (TPSA) is 80.0 Å². The predicted molar refractivity (Wildman–Crippen MR) is 92.5 cm³/mol. The van der Waals surface area contributed by atoms with Gasteiger partial charge in [0, 0.05) is 23.5 Å². The average Bonchev–Trinajstić information content (AvgIpc) is 3.07. The molecule has 2 aromatic heterocycles. The molecule has 4 rings (SSSR count). The zero-order valence-corrected chi connectivity index (χ0v) is 14.2. The fourth-order valence-electron chi connectivity index (χ4n) is 3.37. The zero-order chi connectivity index (χ0) is 19.0. The summed E-state index contributed by atoms with van der Waals surface area (Å²) in [6.45, 7) is 0. The average molecular weight is 370 g/mol. The summed E-state index contributed by atoms with van der Waals surface area (Å²) < 4.78 is 28.8. The Morgan fingerprint density at radius 3 is 2.93 bits per heavy atom. The van der Waals surface area contributed by atoms with Crippen LogP contribution in [0.25, 0.3) is 5.69 Å². The molecule has 6 nitrogen and oxygen atoms in total. The standard InChI is InChI=1S/C19H16F2N4O2/c20-11-6-7-16(13(21)9-11)25-15-4-1-3-14(12(15)10-23-25)24-19(27)18-17(26)5-2-8-22-18/h2,5-10,14,26H,1,3-4H2,(H,24,27)/t14-/m0/s1. The van der Waals surface area contributed by atoms with E-state index in [0.29, 0.717) is 12.8 Å². The number of nitrogens with zero attached hydrogens (tertiary/aromatic N) is 3. The number of pyridine rings is 1. The van der Waals surface area contributed by atoms with Gasteiger partial charge in [0.15, 0.2) is 11.5 Å². The van der Waals surface area contributed by atoms with Crippen molar-refractivity contribution >= 4 is 5.91 Å². The van der Waals surface area contributed by atoms with Crippen LogP contribution in [0.3, 0.4) is 0 Å². The first-order valence-electron chi connectivity index (χ1n) is 8.51. The number of aromatic hydroxyl groups is 1. The smallest absolute Gasteiger partial charge is 0.274 e. The third-order valence-electron chi connectivity index (χ3n) is 4.63. The number of carbonyl (C=O) groups excluding carboxylic acids is 1. The first-order valence-corrected chi connectivity index (χ1v) is 8.51. The van der Waals surface area contributed by atoms with Gasteiger partial charge >= 0.3 is 0 Å². The highest BCUT2D eigenvalue weighted by atomic mass is 19.1. The highest BCUT2D eigenvalue weighted by Crippen LogP contribution is 2.32. The zero-order valence-electron chi connectivity index (χ0n) is 14.2. The van der Waals surface area contributed by atoms with Gasteiger partial charge in [-0.3, -0.25) is 4.79 Å². The molecule has 0 fully saturated rings. The molecule has 8 heteroatoms. The minimum Gasteiger partial charge on any atom is -0.505 e. The number of nitrogens with one attached hydrogen (secondary N) is 1. The lowest BCUT2D eigenvalue weighted by Crippen LogP contribution is -2.31. The maximum Gasteiger partial charge on any atom is 0.274 e. The third kappa shape index (κ3) is 3.14. The summed E-state index contributed by atoms with van der Waals surface area (Å²) >= 11 is 0. The van der Waals surface area contributed by atoms with Crippen molar-refractivity contribution in [2.45, 2.75) is 25.3 Å².